The summed E-state index contributed by atoms with van der Waals surface area (Å²) in [6.07, 6.45) is 2.37. The fourth-order valence-corrected chi connectivity index (χ4v) is 2.51. The first-order valence-corrected chi connectivity index (χ1v) is 7.13. The molecule has 102 valence electrons. The monoisotopic (exact) mass is 248 g/mol. The van der Waals surface area contributed by atoms with Crippen molar-refractivity contribution in [2.75, 3.05) is 13.1 Å². The Labute approximate surface area is 112 Å². The zero-order chi connectivity index (χ0) is 13.5. The molecule has 0 radical (unpaired) electrons. The van der Waals surface area contributed by atoms with Crippen molar-refractivity contribution in [2.24, 2.45) is 23.3 Å². The van der Waals surface area contributed by atoms with Crippen LogP contribution in [0.2, 0.25) is 0 Å². The number of aryl methyl sites for hydroxylation is 1. The minimum absolute atomic E-state index is 0.412. The molecule has 1 aromatic rings. The quantitative estimate of drug-likeness (QED) is 0.779. The minimum atomic E-state index is 0.412. The molecule has 2 unspecified atom stereocenters. The van der Waals surface area contributed by atoms with Gasteiger partial charge in [-0.2, -0.15) is 0 Å². The van der Waals surface area contributed by atoms with Crippen LogP contribution in [0.15, 0.2) is 24.3 Å². The second-order valence-electron chi connectivity index (χ2n) is 5.37. The lowest BCUT2D eigenvalue weighted by Crippen LogP contribution is -2.31. The standard InChI is InChI=1S/C16H28N2/c1-4-5-14-6-8-15(9-7-14)12(2)13(3)16(10-17)11-18/h6-9,12-13,16H,4-5,10-11,17-18H2,1-3H3. The lowest BCUT2D eigenvalue weighted by Gasteiger charge is -2.27. The number of nitrogens with two attached hydrogens (primary N) is 2. The van der Waals surface area contributed by atoms with E-state index in [0.29, 0.717) is 30.8 Å². The second kappa shape index (κ2) is 7.55. The van der Waals surface area contributed by atoms with Crippen LogP contribution in [0.25, 0.3) is 0 Å². The molecule has 0 fully saturated rings. The fourth-order valence-electron chi connectivity index (χ4n) is 2.51. The molecular weight excluding hydrogens is 220 g/mol. The normalized spacial score (nSPS) is 14.8. The van der Waals surface area contributed by atoms with Crippen molar-refractivity contribution >= 4 is 0 Å². The predicted octanol–water partition coefficient (Wildman–Crippen LogP) is 2.91. The van der Waals surface area contributed by atoms with Crippen LogP contribution < -0.4 is 11.5 Å². The molecule has 1 aromatic carbocycles. The fraction of sp³-hybridized carbons (Fsp3) is 0.625. The molecule has 0 aliphatic carbocycles. The van der Waals surface area contributed by atoms with E-state index < -0.39 is 0 Å². The number of rotatable bonds is 7. The van der Waals surface area contributed by atoms with Gasteiger partial charge in [-0.25, -0.2) is 0 Å². The highest BCUT2D eigenvalue weighted by Crippen LogP contribution is 2.29. The minimum Gasteiger partial charge on any atom is -0.330 e. The number of hydrogen-bond donors (Lipinski definition) is 2. The van der Waals surface area contributed by atoms with E-state index in [2.05, 4.69) is 45.0 Å². The van der Waals surface area contributed by atoms with Crippen LogP contribution in [0.1, 0.15) is 44.2 Å². The van der Waals surface area contributed by atoms with Crippen molar-refractivity contribution in [3.63, 3.8) is 0 Å². The molecule has 0 amide bonds. The van der Waals surface area contributed by atoms with Gasteiger partial charge in [0.15, 0.2) is 0 Å². The van der Waals surface area contributed by atoms with Gasteiger partial charge in [0.1, 0.15) is 0 Å². The molecule has 0 aromatic heterocycles. The molecule has 0 bridgehead atoms. The van der Waals surface area contributed by atoms with Crippen LogP contribution in [-0.4, -0.2) is 13.1 Å². The van der Waals surface area contributed by atoms with Crippen LogP contribution in [0.3, 0.4) is 0 Å². The molecule has 0 aliphatic rings. The van der Waals surface area contributed by atoms with Crippen molar-refractivity contribution in [1.29, 1.82) is 0 Å². The maximum absolute atomic E-state index is 5.78. The summed E-state index contributed by atoms with van der Waals surface area (Å²) in [7, 11) is 0. The Balaban J connectivity index is 2.73. The van der Waals surface area contributed by atoms with E-state index >= 15 is 0 Å². The van der Waals surface area contributed by atoms with Gasteiger partial charge in [-0.1, -0.05) is 51.5 Å². The zero-order valence-electron chi connectivity index (χ0n) is 12.0. The van der Waals surface area contributed by atoms with Crippen molar-refractivity contribution in [3.05, 3.63) is 35.4 Å². The van der Waals surface area contributed by atoms with Crippen molar-refractivity contribution in [1.82, 2.24) is 0 Å². The van der Waals surface area contributed by atoms with E-state index in [4.69, 9.17) is 11.5 Å². The molecule has 2 nitrogen and oxygen atoms in total. The summed E-state index contributed by atoms with van der Waals surface area (Å²) in [5.41, 5.74) is 14.4. The van der Waals surface area contributed by atoms with E-state index in [-0.39, 0.29) is 0 Å². The molecule has 0 heterocycles. The molecule has 2 atom stereocenters. The average Bonchev–Trinajstić information content (AvgIpc) is 2.40. The highest BCUT2D eigenvalue weighted by Gasteiger charge is 2.21. The van der Waals surface area contributed by atoms with Gasteiger partial charge in [0.25, 0.3) is 0 Å². The summed E-state index contributed by atoms with van der Waals surface area (Å²) in [6.45, 7) is 8.10. The molecule has 0 saturated carbocycles. The van der Waals surface area contributed by atoms with Crippen molar-refractivity contribution in [3.8, 4) is 0 Å². The first-order valence-electron chi connectivity index (χ1n) is 7.13. The summed E-state index contributed by atoms with van der Waals surface area (Å²) >= 11 is 0. The molecule has 4 N–H and O–H groups in total. The molecule has 2 heteroatoms. The summed E-state index contributed by atoms with van der Waals surface area (Å²) in [5.74, 6) is 1.45. The SMILES string of the molecule is CCCc1ccc(C(C)C(C)C(CN)CN)cc1. The summed E-state index contributed by atoms with van der Waals surface area (Å²) in [6, 6.07) is 9.02. The van der Waals surface area contributed by atoms with Crippen LogP contribution in [-0.2, 0) is 6.42 Å². The van der Waals surface area contributed by atoms with Gasteiger partial charge in [-0.3, -0.25) is 0 Å². The van der Waals surface area contributed by atoms with Crippen LogP contribution in [0.5, 0.6) is 0 Å². The molecule has 18 heavy (non-hydrogen) atoms. The third-order valence-electron chi connectivity index (χ3n) is 4.18. The van der Waals surface area contributed by atoms with Gasteiger partial charge < -0.3 is 11.5 Å². The highest BCUT2D eigenvalue weighted by atomic mass is 14.6. The van der Waals surface area contributed by atoms with Gasteiger partial charge in [0.05, 0.1) is 0 Å². The zero-order valence-corrected chi connectivity index (χ0v) is 12.0. The van der Waals surface area contributed by atoms with E-state index in [9.17, 15) is 0 Å². The van der Waals surface area contributed by atoms with E-state index in [1.807, 2.05) is 0 Å². The number of benzene rings is 1. The van der Waals surface area contributed by atoms with Gasteiger partial charge in [-0.15, -0.1) is 0 Å². The lowest BCUT2D eigenvalue weighted by atomic mass is 9.80. The molecular formula is C16H28N2. The van der Waals surface area contributed by atoms with E-state index in [1.54, 1.807) is 0 Å². The molecule has 0 spiro atoms. The Bertz CT molecular complexity index is 327. The van der Waals surface area contributed by atoms with Crippen LogP contribution in [0, 0.1) is 11.8 Å². The molecule has 0 aliphatic heterocycles. The van der Waals surface area contributed by atoms with Crippen molar-refractivity contribution in [2.45, 2.75) is 39.5 Å². The van der Waals surface area contributed by atoms with Gasteiger partial charge >= 0.3 is 0 Å². The van der Waals surface area contributed by atoms with Gasteiger partial charge in [0, 0.05) is 0 Å². The van der Waals surface area contributed by atoms with Crippen molar-refractivity contribution < 1.29 is 0 Å². The third kappa shape index (κ3) is 3.82. The first-order chi connectivity index (χ1) is 8.63. The smallest absolute Gasteiger partial charge is 0.00340 e. The highest BCUT2D eigenvalue weighted by molar-refractivity contribution is 5.25. The Hall–Kier alpha value is -0.860. The number of hydrogen-bond acceptors (Lipinski definition) is 2. The Morgan fingerprint density at radius 3 is 2.00 bits per heavy atom. The Kier molecular flexibility index (Phi) is 6.37. The third-order valence-corrected chi connectivity index (χ3v) is 4.18. The van der Waals surface area contributed by atoms with E-state index in [0.717, 1.165) is 0 Å². The second-order valence-corrected chi connectivity index (χ2v) is 5.37. The molecule has 0 saturated heterocycles. The maximum Gasteiger partial charge on any atom is -0.00340 e. The summed E-state index contributed by atoms with van der Waals surface area (Å²) in [4.78, 5) is 0. The predicted molar refractivity (Wildman–Crippen MR) is 79.6 cm³/mol. The van der Waals surface area contributed by atoms with Gasteiger partial charge in [0.2, 0.25) is 0 Å². The summed E-state index contributed by atoms with van der Waals surface area (Å²) < 4.78 is 0. The van der Waals surface area contributed by atoms with Crippen LogP contribution in [0.4, 0.5) is 0 Å². The lowest BCUT2D eigenvalue weighted by molar-refractivity contribution is 0.328. The molecule has 1 rings (SSSR count). The maximum atomic E-state index is 5.78. The van der Waals surface area contributed by atoms with Gasteiger partial charge in [-0.05, 0) is 48.4 Å². The topological polar surface area (TPSA) is 52.0 Å². The first kappa shape index (κ1) is 15.2. The van der Waals surface area contributed by atoms with Crippen LogP contribution >= 0.6 is 0 Å². The van der Waals surface area contributed by atoms with E-state index in [1.165, 1.54) is 24.0 Å². The Morgan fingerprint density at radius 2 is 1.56 bits per heavy atom. The largest absolute Gasteiger partial charge is 0.330 e. The summed E-state index contributed by atoms with van der Waals surface area (Å²) in [5, 5.41) is 0. The average molecular weight is 248 g/mol. The Morgan fingerprint density at radius 1 is 1.00 bits per heavy atom.